The first-order valence-corrected chi connectivity index (χ1v) is 8.58. The monoisotopic (exact) mass is 396 g/mol. The molecule has 126 valence electrons. The Bertz CT molecular complexity index is 944. The van der Waals surface area contributed by atoms with Crippen LogP contribution in [0.25, 0.3) is 11.3 Å². The van der Waals surface area contributed by atoms with Crippen LogP contribution >= 0.6 is 15.9 Å². The zero-order valence-corrected chi connectivity index (χ0v) is 15.5. The van der Waals surface area contributed by atoms with Crippen LogP contribution in [-0.2, 0) is 0 Å². The summed E-state index contributed by atoms with van der Waals surface area (Å²) in [5, 5.41) is 3.96. The number of aryl methyl sites for hydroxylation is 2. The fourth-order valence-corrected chi connectivity index (χ4v) is 2.71. The molecule has 0 saturated carbocycles. The quantitative estimate of drug-likeness (QED) is 0.493. The van der Waals surface area contributed by atoms with E-state index >= 15 is 0 Å². The van der Waals surface area contributed by atoms with E-state index in [2.05, 4.69) is 26.5 Å². The summed E-state index contributed by atoms with van der Waals surface area (Å²) < 4.78 is 6.78. The molecule has 1 amide bonds. The van der Waals surface area contributed by atoms with E-state index in [1.54, 1.807) is 6.07 Å². The molecule has 3 rings (SSSR count). The minimum absolute atomic E-state index is 0.255. The smallest absolute Gasteiger partial charge is 0.271 e. The van der Waals surface area contributed by atoms with Crippen molar-refractivity contribution in [3.63, 3.8) is 0 Å². The van der Waals surface area contributed by atoms with Crippen LogP contribution in [0, 0.1) is 13.8 Å². The Morgan fingerprint density at radius 3 is 2.72 bits per heavy atom. The van der Waals surface area contributed by atoms with Crippen LogP contribution in [0.15, 0.2) is 68.6 Å². The lowest BCUT2D eigenvalue weighted by molar-refractivity contribution is 0.0955. The van der Waals surface area contributed by atoms with Crippen LogP contribution in [0.4, 0.5) is 0 Å². The standard InChI is InChI=1S/C20H17BrN2O2/c1-13-4-3-5-16(10-13)20(24)23-22-12-17-8-9-19(25-17)15-7-6-14(2)18(21)11-15/h3-12H,1-2H3,(H,23,24)/b22-12-. The zero-order valence-electron chi connectivity index (χ0n) is 13.9. The summed E-state index contributed by atoms with van der Waals surface area (Å²) in [5.74, 6) is 1.05. The van der Waals surface area contributed by atoms with E-state index in [1.165, 1.54) is 6.21 Å². The van der Waals surface area contributed by atoms with E-state index in [1.807, 2.05) is 62.4 Å². The van der Waals surface area contributed by atoms with E-state index < -0.39 is 0 Å². The molecule has 1 aromatic heterocycles. The lowest BCUT2D eigenvalue weighted by Gasteiger charge is -2.01. The number of hydrogen-bond acceptors (Lipinski definition) is 3. The topological polar surface area (TPSA) is 54.6 Å². The number of hydrazone groups is 1. The van der Waals surface area contributed by atoms with Gasteiger partial charge in [-0.1, -0.05) is 45.8 Å². The summed E-state index contributed by atoms with van der Waals surface area (Å²) in [6.07, 6.45) is 1.49. The first kappa shape index (κ1) is 17.2. The second-order valence-corrected chi connectivity index (χ2v) is 6.59. The van der Waals surface area contributed by atoms with Gasteiger partial charge in [-0.25, -0.2) is 5.43 Å². The highest BCUT2D eigenvalue weighted by Crippen LogP contribution is 2.26. The van der Waals surface area contributed by atoms with E-state index in [9.17, 15) is 4.79 Å². The van der Waals surface area contributed by atoms with Gasteiger partial charge in [0.25, 0.3) is 5.91 Å². The van der Waals surface area contributed by atoms with Crippen molar-refractivity contribution < 1.29 is 9.21 Å². The van der Waals surface area contributed by atoms with Crippen LogP contribution in [0.2, 0.25) is 0 Å². The van der Waals surface area contributed by atoms with Gasteiger partial charge in [0, 0.05) is 15.6 Å². The molecule has 0 saturated heterocycles. The Morgan fingerprint density at radius 1 is 1.12 bits per heavy atom. The summed E-state index contributed by atoms with van der Waals surface area (Å²) >= 11 is 3.52. The first-order valence-electron chi connectivity index (χ1n) is 7.79. The lowest BCUT2D eigenvalue weighted by atomic mass is 10.1. The molecular formula is C20H17BrN2O2. The fraction of sp³-hybridized carbons (Fsp3) is 0.100. The number of carbonyl (C=O) groups is 1. The summed E-state index contributed by atoms with van der Waals surface area (Å²) in [5.41, 5.74) is 6.23. The number of carbonyl (C=O) groups excluding carboxylic acids is 1. The number of rotatable bonds is 4. The molecule has 0 fully saturated rings. The minimum atomic E-state index is -0.255. The average Bonchev–Trinajstić information content (AvgIpc) is 3.06. The van der Waals surface area contributed by atoms with Crippen molar-refractivity contribution in [3.8, 4) is 11.3 Å². The number of halogens is 1. The Labute approximate surface area is 154 Å². The molecule has 0 bridgehead atoms. The second kappa shape index (κ2) is 7.49. The van der Waals surface area contributed by atoms with Gasteiger partial charge in [0.05, 0.1) is 6.21 Å². The van der Waals surface area contributed by atoms with Crippen molar-refractivity contribution in [2.24, 2.45) is 5.10 Å². The molecular weight excluding hydrogens is 380 g/mol. The molecule has 0 aliphatic rings. The number of benzene rings is 2. The third-order valence-electron chi connectivity index (χ3n) is 3.72. The normalized spacial score (nSPS) is 11.0. The molecule has 0 aliphatic heterocycles. The summed E-state index contributed by atoms with van der Waals surface area (Å²) in [4.78, 5) is 12.0. The van der Waals surface area contributed by atoms with Crippen LogP contribution in [0.1, 0.15) is 27.2 Å². The minimum Gasteiger partial charge on any atom is -0.455 e. The Morgan fingerprint density at radius 2 is 1.96 bits per heavy atom. The highest BCUT2D eigenvalue weighted by atomic mass is 79.9. The largest absolute Gasteiger partial charge is 0.455 e. The van der Waals surface area contributed by atoms with Crippen LogP contribution in [0.5, 0.6) is 0 Å². The third-order valence-corrected chi connectivity index (χ3v) is 4.58. The number of nitrogens with one attached hydrogen (secondary N) is 1. The van der Waals surface area contributed by atoms with Crippen LogP contribution in [0.3, 0.4) is 0 Å². The van der Waals surface area contributed by atoms with Gasteiger partial charge < -0.3 is 4.42 Å². The summed E-state index contributed by atoms with van der Waals surface area (Å²) in [7, 11) is 0. The van der Waals surface area contributed by atoms with Crippen LogP contribution < -0.4 is 5.43 Å². The first-order chi connectivity index (χ1) is 12.0. The predicted octanol–water partition coefficient (Wildman–Crippen LogP) is 5.09. The second-order valence-electron chi connectivity index (χ2n) is 5.73. The molecule has 4 nitrogen and oxygen atoms in total. The van der Waals surface area contributed by atoms with Crippen molar-refractivity contribution in [2.45, 2.75) is 13.8 Å². The van der Waals surface area contributed by atoms with E-state index in [0.29, 0.717) is 11.3 Å². The van der Waals surface area contributed by atoms with Gasteiger partial charge in [-0.05, 0) is 49.7 Å². The summed E-state index contributed by atoms with van der Waals surface area (Å²) in [6, 6.07) is 17.1. The number of amides is 1. The van der Waals surface area contributed by atoms with E-state index in [0.717, 1.165) is 26.9 Å². The Kier molecular flexibility index (Phi) is 5.14. The molecule has 5 heteroatoms. The number of furan rings is 1. The van der Waals surface area contributed by atoms with Crippen molar-refractivity contribution in [1.82, 2.24) is 5.43 Å². The van der Waals surface area contributed by atoms with E-state index in [4.69, 9.17) is 4.42 Å². The number of hydrogen-bond donors (Lipinski definition) is 1. The molecule has 0 radical (unpaired) electrons. The lowest BCUT2D eigenvalue weighted by Crippen LogP contribution is -2.17. The van der Waals surface area contributed by atoms with Crippen molar-refractivity contribution in [2.75, 3.05) is 0 Å². The van der Waals surface area contributed by atoms with Gasteiger partial charge in [0.1, 0.15) is 11.5 Å². The van der Waals surface area contributed by atoms with Gasteiger partial charge in [0.2, 0.25) is 0 Å². The highest BCUT2D eigenvalue weighted by Gasteiger charge is 2.06. The summed E-state index contributed by atoms with van der Waals surface area (Å²) in [6.45, 7) is 3.97. The van der Waals surface area contributed by atoms with E-state index in [-0.39, 0.29) is 5.91 Å². The van der Waals surface area contributed by atoms with Gasteiger partial charge in [0.15, 0.2) is 0 Å². The van der Waals surface area contributed by atoms with Gasteiger partial charge in [-0.2, -0.15) is 5.10 Å². The molecule has 3 aromatic rings. The molecule has 0 unspecified atom stereocenters. The zero-order chi connectivity index (χ0) is 17.8. The maximum atomic E-state index is 12.0. The maximum absolute atomic E-state index is 12.0. The van der Waals surface area contributed by atoms with Crippen molar-refractivity contribution in [1.29, 1.82) is 0 Å². The van der Waals surface area contributed by atoms with Crippen LogP contribution in [-0.4, -0.2) is 12.1 Å². The van der Waals surface area contributed by atoms with Crippen molar-refractivity contribution in [3.05, 3.63) is 81.5 Å². The molecule has 0 spiro atoms. The highest BCUT2D eigenvalue weighted by molar-refractivity contribution is 9.10. The Balaban J connectivity index is 1.67. The number of nitrogens with zero attached hydrogens (tertiary/aromatic N) is 1. The molecule has 1 heterocycles. The molecule has 25 heavy (non-hydrogen) atoms. The average molecular weight is 397 g/mol. The Hall–Kier alpha value is -2.66. The maximum Gasteiger partial charge on any atom is 0.271 e. The van der Waals surface area contributed by atoms with Gasteiger partial charge >= 0.3 is 0 Å². The fourth-order valence-electron chi connectivity index (χ4n) is 2.33. The van der Waals surface area contributed by atoms with Crippen molar-refractivity contribution >= 4 is 28.1 Å². The molecule has 2 aromatic carbocycles. The molecule has 0 aliphatic carbocycles. The van der Waals surface area contributed by atoms with Gasteiger partial charge in [-0.3, -0.25) is 4.79 Å². The molecule has 1 N–H and O–H groups in total. The molecule has 0 atom stereocenters. The third kappa shape index (κ3) is 4.25. The predicted molar refractivity (Wildman–Crippen MR) is 103 cm³/mol. The SMILES string of the molecule is Cc1cccc(C(=O)N/N=C\c2ccc(-c3ccc(C)c(Br)c3)o2)c1. The van der Waals surface area contributed by atoms with Gasteiger partial charge in [-0.15, -0.1) is 0 Å².